The van der Waals surface area contributed by atoms with Gasteiger partial charge in [0.15, 0.2) is 5.96 Å². The molecule has 2 rings (SSSR count). The van der Waals surface area contributed by atoms with Gasteiger partial charge in [-0.25, -0.2) is 0 Å². The predicted octanol–water partition coefficient (Wildman–Crippen LogP) is -6.65. The van der Waals surface area contributed by atoms with Gasteiger partial charge in [0.05, 0.1) is 25.7 Å². The largest absolute Gasteiger partial charge is 0.508 e. The van der Waals surface area contributed by atoms with Gasteiger partial charge in [-0.3, -0.25) is 67.3 Å². The van der Waals surface area contributed by atoms with Crippen molar-refractivity contribution in [1.82, 2.24) is 63.4 Å². The lowest BCUT2D eigenvalue weighted by Gasteiger charge is -2.29. The SMILES string of the molecule is CC(C)C(NC(=O)C(CCCCN)NC(=O)C(CCCN=C(N)N)NC(=O)C(CCCCN)NC(=O)C(CCCCN)NC(=O)C(CCCCN)NC(=O)C1CCCN1C(=O)CNC(=O)C(Cc1ccc(O)cc1)NC(=O)CNC(=O)C(N)CS)C(=O)NCC(=O)NCC(=O)O. The van der Waals surface area contributed by atoms with Crippen LogP contribution in [0.4, 0.5) is 0 Å². The summed E-state index contributed by atoms with van der Waals surface area (Å²) in [6.07, 6.45) is 3.55. The average molecular weight is 1380 g/mol. The van der Waals surface area contributed by atoms with E-state index in [0.29, 0.717) is 63.4 Å². The lowest BCUT2D eigenvalue weighted by Crippen LogP contribution is -2.60. The number of hydrogen-bond acceptors (Lipinski definition) is 21. The Kier molecular flexibility index (Phi) is 40.6. The molecular formula is C60H104N20O15S. The highest BCUT2D eigenvalue weighted by atomic mass is 32.1. The van der Waals surface area contributed by atoms with Crippen LogP contribution >= 0.6 is 12.6 Å². The smallest absolute Gasteiger partial charge is 0.322 e. The minimum atomic E-state index is -1.40. The Labute approximate surface area is 564 Å². The van der Waals surface area contributed by atoms with Crippen LogP contribution in [0.25, 0.3) is 0 Å². The molecule has 1 heterocycles. The number of nitrogens with one attached hydrogen (secondary N) is 11. The standard InChI is InChI=1S/C60H104N20O15S/c1-35(2)50(59(95)71-30-46(82)69-33-49(85)86)79-57(93)42(16-6-10-26-64)76-56(92)43(17-11-27-68-60(66)67)77-54(90)40(14-4-8-24-62)74-53(89)39(13-3-7-23-61)75-55(91)41(15-5-9-25-63)78-58(94)45-18-12-28-80(45)48(84)32-72-52(88)44(29-36-19-21-37(81)22-20-36)73-47(83)31-70-51(87)38(65)34-96/h19-22,35,38-45,50,81,96H,3-18,23-34,61-65H2,1-2H3,(H,69,82)(H,70,87)(H,71,95)(H,72,88)(H,73,83)(H,74,89)(H,75,91)(H,76,92)(H,77,90)(H,78,94)(H,79,93)(H,85,86)(H4,66,67,68). The predicted molar refractivity (Wildman–Crippen MR) is 358 cm³/mol. The maximum atomic E-state index is 14.6. The number of rotatable bonds is 48. The molecule has 12 amide bonds. The van der Waals surface area contributed by atoms with Gasteiger partial charge in [0, 0.05) is 25.3 Å². The van der Waals surface area contributed by atoms with Crippen LogP contribution in [0.3, 0.4) is 0 Å². The Morgan fingerprint density at radius 3 is 1.42 bits per heavy atom. The molecule has 0 aliphatic carbocycles. The summed E-state index contributed by atoms with van der Waals surface area (Å²) < 4.78 is 0. The maximum absolute atomic E-state index is 14.6. The molecule has 96 heavy (non-hydrogen) atoms. The Hall–Kier alpha value is -8.45. The van der Waals surface area contributed by atoms with E-state index in [0.717, 1.165) is 0 Å². The number of aliphatic imine (C=N–C) groups is 1. The first-order chi connectivity index (χ1) is 45.7. The molecule has 1 aromatic carbocycles. The average Bonchev–Trinajstić information content (AvgIpc) is 1.56. The molecule has 1 aliphatic heterocycles. The second kappa shape index (κ2) is 46.6. The summed E-state index contributed by atoms with van der Waals surface area (Å²) in [5, 5.41) is 46.9. The zero-order valence-electron chi connectivity index (χ0n) is 55.0. The number of nitrogens with two attached hydrogens (primary N) is 7. The van der Waals surface area contributed by atoms with E-state index < -0.39 is 163 Å². The second-order valence-corrected chi connectivity index (χ2v) is 23.8. The van der Waals surface area contributed by atoms with Crippen molar-refractivity contribution in [2.45, 2.75) is 177 Å². The van der Waals surface area contributed by atoms with Gasteiger partial charge in [-0.15, -0.1) is 0 Å². The van der Waals surface area contributed by atoms with E-state index in [4.69, 9.17) is 45.2 Å². The molecule has 1 fully saturated rings. The van der Waals surface area contributed by atoms with Crippen LogP contribution < -0.4 is 98.6 Å². The molecule has 9 atom stereocenters. The molecule has 35 nitrogen and oxygen atoms in total. The van der Waals surface area contributed by atoms with Crippen LogP contribution in [0.1, 0.15) is 122 Å². The number of carboxylic acids is 1. The highest BCUT2D eigenvalue weighted by molar-refractivity contribution is 7.80. The summed E-state index contributed by atoms with van der Waals surface area (Å²) in [5.74, 6) is -11.3. The third-order valence-electron chi connectivity index (χ3n) is 15.3. The highest BCUT2D eigenvalue weighted by Crippen LogP contribution is 2.19. The molecule has 0 bridgehead atoms. The first-order valence-corrected chi connectivity index (χ1v) is 33.1. The Morgan fingerprint density at radius 2 is 0.969 bits per heavy atom. The zero-order valence-corrected chi connectivity index (χ0v) is 55.9. The molecule has 0 radical (unpaired) electrons. The number of unbranched alkanes of at least 4 members (excludes halogenated alkanes) is 4. The van der Waals surface area contributed by atoms with Gasteiger partial charge in [-0.2, -0.15) is 12.6 Å². The normalized spacial score (nSPS) is 15.1. The Bertz CT molecular complexity index is 2730. The fraction of sp³-hybridized carbons (Fsp3) is 0.667. The van der Waals surface area contributed by atoms with Gasteiger partial charge in [0.1, 0.15) is 60.6 Å². The first-order valence-electron chi connectivity index (χ1n) is 32.4. The number of carboxylic acid groups (broad SMARTS) is 1. The summed E-state index contributed by atoms with van der Waals surface area (Å²) >= 11 is 3.98. The molecule has 1 aromatic rings. The minimum Gasteiger partial charge on any atom is -0.508 e. The Morgan fingerprint density at radius 1 is 0.531 bits per heavy atom. The number of aliphatic carboxylic acids is 1. The number of likely N-dealkylation sites (tertiary alicyclic amines) is 1. The van der Waals surface area contributed by atoms with E-state index in [-0.39, 0.29) is 108 Å². The number of thiol groups is 1. The van der Waals surface area contributed by atoms with E-state index in [1.165, 1.54) is 29.2 Å². The van der Waals surface area contributed by atoms with Crippen LogP contribution in [0.5, 0.6) is 5.75 Å². The van der Waals surface area contributed by atoms with Gasteiger partial charge >= 0.3 is 5.97 Å². The quantitative estimate of drug-likeness (QED) is 0.0125. The highest BCUT2D eigenvalue weighted by Gasteiger charge is 2.38. The van der Waals surface area contributed by atoms with Gasteiger partial charge < -0.3 is 114 Å². The monoisotopic (exact) mass is 1380 g/mol. The number of carbonyl (C=O) groups is 13. The van der Waals surface area contributed by atoms with Crippen molar-refractivity contribution in [1.29, 1.82) is 0 Å². The lowest BCUT2D eigenvalue weighted by atomic mass is 10.0. The number of benzene rings is 1. The van der Waals surface area contributed by atoms with Crippen LogP contribution in [0, 0.1) is 5.92 Å². The number of carbonyl (C=O) groups excluding carboxylic acids is 12. The van der Waals surface area contributed by atoms with E-state index in [9.17, 15) is 67.4 Å². The summed E-state index contributed by atoms with van der Waals surface area (Å²) in [7, 11) is 0. The van der Waals surface area contributed by atoms with E-state index in [1.807, 2.05) is 0 Å². The van der Waals surface area contributed by atoms with Gasteiger partial charge in [-0.05, 0) is 153 Å². The summed E-state index contributed by atoms with van der Waals surface area (Å²) in [6.45, 7) is 1.85. The van der Waals surface area contributed by atoms with Gasteiger partial charge in [0.2, 0.25) is 70.9 Å². The van der Waals surface area contributed by atoms with E-state index in [1.54, 1.807) is 13.8 Å². The van der Waals surface area contributed by atoms with Crippen molar-refractivity contribution in [2.75, 3.05) is 71.2 Å². The second-order valence-electron chi connectivity index (χ2n) is 23.5. The molecule has 0 spiro atoms. The number of phenolic OH excluding ortho intramolecular Hbond substituents is 1. The molecule has 0 aromatic heterocycles. The van der Waals surface area contributed by atoms with Crippen molar-refractivity contribution in [2.24, 2.45) is 51.0 Å². The zero-order chi connectivity index (χ0) is 71.7. The number of aromatic hydroxyl groups is 1. The molecule has 27 N–H and O–H groups in total. The number of nitrogens with zero attached hydrogens (tertiary/aromatic N) is 2. The van der Waals surface area contributed by atoms with E-state index in [2.05, 4.69) is 76.1 Å². The molecule has 1 aliphatic rings. The summed E-state index contributed by atoms with van der Waals surface area (Å²) in [6, 6.07) is -5.46. The topological polar surface area (TPSA) is 592 Å². The molecule has 1 saturated heterocycles. The van der Waals surface area contributed by atoms with Crippen LogP contribution in [-0.4, -0.2) is 224 Å². The van der Waals surface area contributed by atoms with Gasteiger partial charge in [-0.1, -0.05) is 26.0 Å². The Balaban J connectivity index is 2.42. The number of guanidine groups is 1. The number of amides is 12. The maximum Gasteiger partial charge on any atom is 0.322 e. The summed E-state index contributed by atoms with van der Waals surface area (Å²) in [5.41, 5.74) is 40.6. The van der Waals surface area contributed by atoms with Crippen molar-refractivity contribution < 1.29 is 72.5 Å². The van der Waals surface area contributed by atoms with E-state index >= 15 is 0 Å². The van der Waals surface area contributed by atoms with Gasteiger partial charge in [0.25, 0.3) is 0 Å². The van der Waals surface area contributed by atoms with Crippen LogP contribution in [-0.2, 0) is 68.7 Å². The third kappa shape index (κ3) is 32.8. The van der Waals surface area contributed by atoms with Crippen LogP contribution in [0.2, 0.25) is 0 Å². The van der Waals surface area contributed by atoms with Crippen molar-refractivity contribution in [3.05, 3.63) is 29.8 Å². The fourth-order valence-corrected chi connectivity index (χ4v) is 10.1. The lowest BCUT2D eigenvalue weighted by molar-refractivity contribution is -0.140. The third-order valence-corrected chi connectivity index (χ3v) is 15.7. The van der Waals surface area contributed by atoms with Crippen LogP contribution in [0.15, 0.2) is 29.3 Å². The first kappa shape index (κ1) is 83.6. The molecule has 0 saturated carbocycles. The molecular weight excluding hydrogens is 1270 g/mol. The molecule has 9 unspecified atom stereocenters. The number of hydrogen-bond donors (Lipinski definition) is 21. The molecule has 36 heteroatoms. The van der Waals surface area contributed by atoms with Crippen molar-refractivity contribution in [3.63, 3.8) is 0 Å². The fourth-order valence-electron chi connectivity index (χ4n) is 9.91. The van der Waals surface area contributed by atoms with Crippen molar-refractivity contribution in [3.8, 4) is 5.75 Å². The molecule has 540 valence electrons. The number of phenols is 1. The van der Waals surface area contributed by atoms with Crippen molar-refractivity contribution >= 4 is 95.4 Å². The minimum absolute atomic E-state index is 0.00631. The summed E-state index contributed by atoms with van der Waals surface area (Å²) in [4.78, 5) is 181.